The van der Waals surface area contributed by atoms with Crippen LogP contribution in [0.4, 0.5) is 0 Å². The second-order valence-electron chi connectivity index (χ2n) is 6.39. The third-order valence-electron chi connectivity index (χ3n) is 4.65. The van der Waals surface area contributed by atoms with Crippen molar-refractivity contribution >= 4 is 17.4 Å². The van der Waals surface area contributed by atoms with Crippen LogP contribution in [0.3, 0.4) is 0 Å². The van der Waals surface area contributed by atoms with Crippen molar-refractivity contribution in [1.82, 2.24) is 4.90 Å². The van der Waals surface area contributed by atoms with Gasteiger partial charge in [0.2, 0.25) is 0 Å². The Bertz CT molecular complexity index is 323. The van der Waals surface area contributed by atoms with Gasteiger partial charge >= 0.3 is 17.4 Å². The van der Waals surface area contributed by atoms with E-state index in [1.54, 1.807) is 0 Å². The summed E-state index contributed by atoms with van der Waals surface area (Å²) in [6, 6.07) is 2.62. The van der Waals surface area contributed by atoms with Crippen LogP contribution in [0, 0.1) is 0 Å². The van der Waals surface area contributed by atoms with Gasteiger partial charge in [-0.3, -0.25) is 0 Å². The van der Waals surface area contributed by atoms with Crippen LogP contribution in [0.1, 0.15) is 54.9 Å². The average molecular weight is 424 g/mol. The fourth-order valence-electron chi connectivity index (χ4n) is 3.44. The summed E-state index contributed by atoms with van der Waals surface area (Å²) < 4.78 is 30.7. The topological polar surface area (TPSA) is 49.4 Å². The molecular weight excluding hydrogens is 378 g/mol. The van der Waals surface area contributed by atoms with E-state index in [0.29, 0.717) is 33.0 Å². The number of rotatable bonds is 19. The molecule has 0 saturated carbocycles. The van der Waals surface area contributed by atoms with Gasteiger partial charge < -0.3 is 27.0 Å². The summed E-state index contributed by atoms with van der Waals surface area (Å²) in [5, 5.41) is 0. The molecule has 0 radical (unpaired) electrons. The summed E-state index contributed by atoms with van der Waals surface area (Å²) in [5.74, 6) is 0. The fraction of sp³-hybridized carbons (Fsp3) is 1.00. The lowest BCUT2D eigenvalue weighted by Crippen LogP contribution is -2.50. The molecule has 0 aliphatic heterocycles. The van der Waals surface area contributed by atoms with Crippen LogP contribution in [0.25, 0.3) is 0 Å². The smallest absolute Gasteiger partial charge is 0.394 e. The van der Waals surface area contributed by atoms with Crippen molar-refractivity contribution in [3.05, 3.63) is 0 Å². The van der Waals surface area contributed by atoms with Gasteiger partial charge in [0.05, 0.1) is 0 Å². The lowest BCUT2D eigenvalue weighted by Gasteiger charge is -2.34. The summed E-state index contributed by atoms with van der Waals surface area (Å²) in [4.78, 5) is 2.46. The molecule has 0 aromatic heterocycles. The lowest BCUT2D eigenvalue weighted by atomic mass is 10.4. The molecule has 6 nitrogen and oxygen atoms in total. The average Bonchev–Trinajstić information content (AvgIpc) is 2.65. The van der Waals surface area contributed by atoms with Gasteiger partial charge in [-0.2, -0.15) is 0 Å². The molecule has 0 N–H and O–H groups in total. The number of nitrogens with zero attached hydrogens (tertiary/aromatic N) is 1. The fourth-order valence-corrected chi connectivity index (χ4v) is 10.8. The predicted octanol–water partition coefficient (Wildman–Crippen LogP) is 4.28. The summed E-state index contributed by atoms with van der Waals surface area (Å²) in [6.07, 6.45) is 1.10. The largest absolute Gasteiger partial charge is 0.500 e. The quantitative estimate of drug-likeness (QED) is 0.289. The Kier molecular flexibility index (Phi) is 16.2. The molecule has 0 unspecified atom stereocenters. The molecule has 164 valence electrons. The SMILES string of the molecule is CCO[Si](CCCN(CC)CC)(CC[Si](OCC)(OCC)OCC)OCC. The van der Waals surface area contributed by atoms with E-state index in [1.165, 1.54) is 0 Å². The minimum absolute atomic E-state index is 0.603. The zero-order valence-corrected chi connectivity index (χ0v) is 21.0. The van der Waals surface area contributed by atoms with Crippen molar-refractivity contribution in [2.45, 2.75) is 73.0 Å². The van der Waals surface area contributed by atoms with Crippen LogP contribution in [-0.2, 0) is 22.1 Å². The second-order valence-corrected chi connectivity index (χ2v) is 12.5. The maximum atomic E-state index is 6.30. The van der Waals surface area contributed by atoms with Crippen molar-refractivity contribution in [1.29, 1.82) is 0 Å². The predicted molar refractivity (Wildman–Crippen MR) is 116 cm³/mol. The van der Waals surface area contributed by atoms with Crippen LogP contribution in [-0.4, -0.2) is 74.9 Å². The van der Waals surface area contributed by atoms with Gasteiger partial charge in [0, 0.05) is 39.1 Å². The highest BCUT2D eigenvalue weighted by Crippen LogP contribution is 2.29. The molecular formula is C19H45NO5Si2. The first kappa shape index (κ1) is 27.2. The van der Waals surface area contributed by atoms with Crippen molar-refractivity contribution in [3.63, 3.8) is 0 Å². The molecule has 0 aromatic carbocycles. The first-order chi connectivity index (χ1) is 13.0. The summed E-state index contributed by atoms with van der Waals surface area (Å²) >= 11 is 0. The van der Waals surface area contributed by atoms with Crippen molar-refractivity contribution in [3.8, 4) is 0 Å². The monoisotopic (exact) mass is 423 g/mol. The van der Waals surface area contributed by atoms with E-state index in [1.807, 2.05) is 20.8 Å². The molecule has 0 aliphatic carbocycles. The Balaban J connectivity index is 5.17. The molecule has 8 heteroatoms. The molecule has 0 amide bonds. The molecule has 27 heavy (non-hydrogen) atoms. The molecule has 0 fully saturated rings. The molecule has 0 bridgehead atoms. The van der Waals surface area contributed by atoms with Crippen LogP contribution in [0.15, 0.2) is 0 Å². The van der Waals surface area contributed by atoms with Crippen LogP contribution in [0.2, 0.25) is 18.1 Å². The second kappa shape index (κ2) is 16.0. The minimum atomic E-state index is -2.67. The van der Waals surface area contributed by atoms with Gasteiger partial charge in [-0.05, 0) is 72.8 Å². The third kappa shape index (κ3) is 10.5. The number of hydrogen-bond donors (Lipinski definition) is 0. The van der Waals surface area contributed by atoms with Gasteiger partial charge in [0.15, 0.2) is 0 Å². The van der Waals surface area contributed by atoms with E-state index in [4.69, 9.17) is 22.1 Å². The molecule has 0 rings (SSSR count). The molecule has 0 spiro atoms. The Morgan fingerprint density at radius 2 is 1.00 bits per heavy atom. The van der Waals surface area contributed by atoms with Crippen LogP contribution < -0.4 is 0 Å². The zero-order valence-electron chi connectivity index (χ0n) is 19.0. The lowest BCUT2D eigenvalue weighted by molar-refractivity contribution is 0.0711. The third-order valence-corrected chi connectivity index (χ3v) is 12.0. The van der Waals surface area contributed by atoms with E-state index in [0.717, 1.165) is 44.2 Å². The van der Waals surface area contributed by atoms with E-state index in [-0.39, 0.29) is 0 Å². The number of hydrogen-bond acceptors (Lipinski definition) is 6. The Labute approximate surface area is 170 Å². The standard InChI is InChI=1S/C19H45NO5Si2/c1-8-20(9-2)16-15-17-26(21-10-3,22-11-4)18-19-27(23-12-5,24-13-6)25-14-7/h8-19H2,1-7H3. The van der Waals surface area contributed by atoms with E-state index < -0.39 is 17.4 Å². The molecule has 0 aliphatic rings. The summed E-state index contributed by atoms with van der Waals surface area (Å²) in [7, 11) is -4.99. The molecule has 0 aromatic rings. The van der Waals surface area contributed by atoms with E-state index in [2.05, 4.69) is 32.6 Å². The normalized spacial score (nSPS) is 12.9. The highest BCUT2D eigenvalue weighted by molar-refractivity contribution is 6.70. The Morgan fingerprint density at radius 1 is 0.556 bits per heavy atom. The maximum absolute atomic E-state index is 6.30. The maximum Gasteiger partial charge on any atom is 0.500 e. The van der Waals surface area contributed by atoms with E-state index in [9.17, 15) is 0 Å². The van der Waals surface area contributed by atoms with Crippen molar-refractivity contribution in [2.75, 3.05) is 52.7 Å². The molecule has 0 saturated heterocycles. The Morgan fingerprint density at radius 3 is 1.37 bits per heavy atom. The highest BCUT2D eigenvalue weighted by atomic mass is 28.4. The van der Waals surface area contributed by atoms with Crippen LogP contribution >= 0.6 is 0 Å². The van der Waals surface area contributed by atoms with Gasteiger partial charge in [-0.1, -0.05) is 13.8 Å². The summed E-state index contributed by atoms with van der Waals surface area (Å²) in [5.41, 5.74) is 0. The molecule has 0 atom stereocenters. The van der Waals surface area contributed by atoms with Gasteiger partial charge in [0.25, 0.3) is 0 Å². The minimum Gasteiger partial charge on any atom is -0.394 e. The van der Waals surface area contributed by atoms with Crippen molar-refractivity contribution in [2.24, 2.45) is 0 Å². The van der Waals surface area contributed by atoms with E-state index >= 15 is 0 Å². The van der Waals surface area contributed by atoms with Crippen LogP contribution in [0.5, 0.6) is 0 Å². The zero-order chi connectivity index (χ0) is 20.6. The van der Waals surface area contributed by atoms with Gasteiger partial charge in [0.1, 0.15) is 0 Å². The van der Waals surface area contributed by atoms with Gasteiger partial charge in [-0.15, -0.1) is 0 Å². The summed E-state index contributed by atoms with van der Waals surface area (Å²) in [6.45, 7) is 21.0. The van der Waals surface area contributed by atoms with Crippen molar-refractivity contribution < 1.29 is 22.1 Å². The first-order valence-electron chi connectivity index (χ1n) is 10.9. The Hall–Kier alpha value is 0.194. The van der Waals surface area contributed by atoms with Gasteiger partial charge in [-0.25, -0.2) is 0 Å². The first-order valence-corrected chi connectivity index (χ1v) is 15.1. The highest BCUT2D eigenvalue weighted by Gasteiger charge is 2.46. The molecule has 0 heterocycles.